The van der Waals surface area contributed by atoms with E-state index in [1.807, 2.05) is 42.5 Å². The van der Waals surface area contributed by atoms with Crippen molar-refractivity contribution in [1.29, 1.82) is 0 Å². The molecule has 0 radical (unpaired) electrons. The first-order chi connectivity index (χ1) is 20.8. The summed E-state index contributed by atoms with van der Waals surface area (Å²) >= 11 is 6.12. The summed E-state index contributed by atoms with van der Waals surface area (Å²) in [4.78, 5) is 29.6. The van der Waals surface area contributed by atoms with E-state index >= 15 is 0 Å². The van der Waals surface area contributed by atoms with Crippen LogP contribution < -0.4 is 5.32 Å². The number of rotatable bonds is 12. The second-order valence-electron chi connectivity index (χ2n) is 11.1. The second-order valence-corrected chi connectivity index (χ2v) is 13.5. The van der Waals surface area contributed by atoms with E-state index < -0.39 is 16.1 Å². The van der Waals surface area contributed by atoms with Crippen molar-refractivity contribution in [3.63, 3.8) is 0 Å². The average Bonchev–Trinajstić information content (AvgIpc) is 3.76. The highest BCUT2D eigenvalue weighted by atomic mass is 35.5. The normalized spacial score (nSPS) is 17.9. The van der Waals surface area contributed by atoms with Gasteiger partial charge in [0.1, 0.15) is 6.04 Å². The lowest BCUT2D eigenvalue weighted by Crippen LogP contribution is -2.45. The van der Waals surface area contributed by atoms with E-state index in [2.05, 4.69) is 5.32 Å². The molecule has 0 saturated carbocycles. The number of hydrogen-bond acceptors (Lipinski definition) is 5. The van der Waals surface area contributed by atoms with E-state index in [-0.39, 0.29) is 35.8 Å². The molecule has 1 N–H and O–H groups in total. The smallest absolute Gasteiger partial charge is 0.247 e. The Morgan fingerprint density at radius 3 is 2.26 bits per heavy atom. The van der Waals surface area contributed by atoms with Crippen molar-refractivity contribution in [1.82, 2.24) is 14.5 Å². The molecule has 228 valence electrons. The maximum Gasteiger partial charge on any atom is 0.247 e. The summed E-state index contributed by atoms with van der Waals surface area (Å²) in [5.41, 5.74) is 2.41. The second kappa shape index (κ2) is 14.5. The Bertz CT molecular complexity index is 1470. The van der Waals surface area contributed by atoms with E-state index in [1.165, 1.54) is 4.31 Å². The van der Waals surface area contributed by atoms with Gasteiger partial charge >= 0.3 is 0 Å². The Morgan fingerprint density at radius 2 is 1.60 bits per heavy atom. The van der Waals surface area contributed by atoms with Crippen LogP contribution in [0.5, 0.6) is 0 Å². The van der Waals surface area contributed by atoms with Gasteiger partial charge in [0, 0.05) is 44.2 Å². The van der Waals surface area contributed by atoms with Crippen molar-refractivity contribution < 1.29 is 22.7 Å². The Balaban J connectivity index is 1.35. The molecule has 43 heavy (non-hydrogen) atoms. The number of halogens is 1. The number of hydrogen-bond donors (Lipinski definition) is 1. The SMILES string of the molecule is O=C(NC[C@@H]1CCCO1)[C@H](c1ccccc1)N(Cc1ccc(Cl)cc1)C(=O)CCc1ccc(S(=O)(=O)N2CCCC2)cc1. The van der Waals surface area contributed by atoms with E-state index in [0.717, 1.165) is 36.8 Å². The van der Waals surface area contributed by atoms with E-state index in [9.17, 15) is 18.0 Å². The molecule has 0 unspecified atom stereocenters. The number of aryl methyl sites for hydroxylation is 1. The summed E-state index contributed by atoms with van der Waals surface area (Å²) in [5.74, 6) is -0.453. The molecule has 2 atom stereocenters. The molecule has 2 heterocycles. The molecule has 0 aliphatic carbocycles. The number of nitrogens with one attached hydrogen (secondary N) is 1. The minimum absolute atomic E-state index is 0.0296. The minimum Gasteiger partial charge on any atom is -0.376 e. The van der Waals surface area contributed by atoms with Gasteiger partial charge in [0.15, 0.2) is 0 Å². The largest absolute Gasteiger partial charge is 0.376 e. The summed E-state index contributed by atoms with van der Waals surface area (Å²) in [6, 6.07) is 22.5. The van der Waals surface area contributed by atoms with Crippen LogP contribution in [0, 0.1) is 0 Å². The predicted molar refractivity (Wildman–Crippen MR) is 166 cm³/mol. The molecule has 0 spiro atoms. The summed E-state index contributed by atoms with van der Waals surface area (Å²) in [7, 11) is -3.51. The van der Waals surface area contributed by atoms with Crippen molar-refractivity contribution in [3.8, 4) is 0 Å². The third-order valence-corrected chi connectivity index (χ3v) is 10.2. The lowest BCUT2D eigenvalue weighted by molar-refractivity contribution is -0.141. The van der Waals surface area contributed by atoms with Gasteiger partial charge in [-0.15, -0.1) is 0 Å². The molecule has 3 aromatic rings. The highest BCUT2D eigenvalue weighted by molar-refractivity contribution is 7.89. The number of sulfonamides is 1. The van der Waals surface area contributed by atoms with Crippen molar-refractivity contribution >= 4 is 33.4 Å². The highest BCUT2D eigenvalue weighted by Crippen LogP contribution is 2.27. The third kappa shape index (κ3) is 8.03. The number of benzene rings is 3. The molecular weight excluding hydrogens is 586 g/mol. The molecule has 10 heteroatoms. The Hall–Kier alpha value is -3.24. The number of carbonyl (C=O) groups is 2. The lowest BCUT2D eigenvalue weighted by Gasteiger charge is -2.32. The first-order valence-corrected chi connectivity index (χ1v) is 16.7. The highest BCUT2D eigenvalue weighted by Gasteiger charge is 2.32. The number of ether oxygens (including phenoxy) is 1. The maximum absolute atomic E-state index is 14.0. The van der Waals surface area contributed by atoms with Gasteiger partial charge in [-0.05, 0) is 73.1 Å². The van der Waals surface area contributed by atoms with Crippen LogP contribution >= 0.6 is 11.6 Å². The summed E-state index contributed by atoms with van der Waals surface area (Å²) < 4.78 is 33.1. The van der Waals surface area contributed by atoms with Crippen LogP contribution in [-0.4, -0.2) is 61.8 Å². The topological polar surface area (TPSA) is 96.0 Å². The van der Waals surface area contributed by atoms with Crippen molar-refractivity contribution in [2.24, 2.45) is 0 Å². The molecule has 2 aliphatic rings. The Labute approximate surface area is 259 Å². The van der Waals surface area contributed by atoms with Crippen LogP contribution in [0.1, 0.15) is 54.8 Å². The first kappa shape index (κ1) is 31.2. The summed E-state index contributed by atoms with van der Waals surface area (Å²) in [6.45, 7) is 2.39. The van der Waals surface area contributed by atoms with Gasteiger partial charge in [-0.2, -0.15) is 4.31 Å². The van der Waals surface area contributed by atoms with E-state index in [4.69, 9.17) is 16.3 Å². The zero-order valence-electron chi connectivity index (χ0n) is 24.2. The molecule has 8 nitrogen and oxygen atoms in total. The monoisotopic (exact) mass is 623 g/mol. The molecule has 0 aromatic heterocycles. The van der Waals surface area contributed by atoms with Gasteiger partial charge < -0.3 is 15.0 Å². The molecule has 2 saturated heterocycles. The van der Waals surface area contributed by atoms with Crippen molar-refractivity contribution in [2.75, 3.05) is 26.2 Å². The molecule has 2 amide bonds. The van der Waals surface area contributed by atoms with Crippen LogP contribution in [-0.2, 0) is 37.3 Å². The van der Waals surface area contributed by atoms with Gasteiger partial charge in [-0.25, -0.2) is 8.42 Å². The van der Waals surface area contributed by atoms with Gasteiger partial charge in [-0.3, -0.25) is 9.59 Å². The summed E-state index contributed by atoms with van der Waals surface area (Å²) in [6.07, 6.45) is 4.13. The molecule has 2 aliphatic heterocycles. The van der Waals surface area contributed by atoms with Crippen LogP contribution in [0.3, 0.4) is 0 Å². The third-order valence-electron chi connectivity index (χ3n) is 8.04. The average molecular weight is 624 g/mol. The quantitative estimate of drug-likeness (QED) is 0.302. The van der Waals surface area contributed by atoms with Gasteiger partial charge in [-0.1, -0.05) is 66.2 Å². The Kier molecular flexibility index (Phi) is 10.5. The first-order valence-electron chi connectivity index (χ1n) is 14.9. The van der Waals surface area contributed by atoms with Crippen LogP contribution in [0.2, 0.25) is 5.02 Å². The van der Waals surface area contributed by atoms with Gasteiger partial charge in [0.05, 0.1) is 11.0 Å². The zero-order valence-corrected chi connectivity index (χ0v) is 25.7. The van der Waals surface area contributed by atoms with Crippen LogP contribution in [0.15, 0.2) is 83.8 Å². The molecule has 0 bridgehead atoms. The lowest BCUT2D eigenvalue weighted by atomic mass is 10.0. The fourth-order valence-electron chi connectivity index (χ4n) is 5.64. The zero-order chi connectivity index (χ0) is 30.2. The molecule has 2 fully saturated rings. The van der Waals surface area contributed by atoms with Gasteiger partial charge in [0.2, 0.25) is 21.8 Å². The molecule has 5 rings (SSSR count). The molecular formula is C33H38ClN3O5S. The van der Waals surface area contributed by atoms with E-state index in [0.29, 0.717) is 43.2 Å². The van der Waals surface area contributed by atoms with Crippen LogP contribution in [0.4, 0.5) is 0 Å². The minimum atomic E-state index is -3.51. The standard InChI is InChI=1S/C33H38ClN3O5S/c34-28-15-10-26(11-16-28)24-37(32(27-7-2-1-3-8-27)33(39)35-23-29-9-6-22-42-29)31(38)19-14-25-12-17-30(18-13-25)43(40,41)36-20-4-5-21-36/h1-3,7-8,10-13,15-18,29,32H,4-6,9,14,19-24H2,(H,35,39)/t29-,32-/m0/s1. The maximum atomic E-state index is 14.0. The predicted octanol–water partition coefficient (Wildman–Crippen LogP) is 5.12. The molecule has 3 aromatic carbocycles. The number of carbonyl (C=O) groups excluding carboxylic acids is 2. The van der Waals surface area contributed by atoms with Crippen molar-refractivity contribution in [2.45, 2.75) is 62.1 Å². The van der Waals surface area contributed by atoms with Crippen molar-refractivity contribution in [3.05, 3.63) is 101 Å². The van der Waals surface area contributed by atoms with E-state index in [1.54, 1.807) is 41.3 Å². The number of nitrogens with zero attached hydrogens (tertiary/aromatic N) is 2. The fraction of sp³-hybridized carbons (Fsp3) is 0.394. The fourth-order valence-corrected chi connectivity index (χ4v) is 7.28. The Morgan fingerprint density at radius 1 is 0.930 bits per heavy atom. The van der Waals surface area contributed by atoms with Gasteiger partial charge in [0.25, 0.3) is 0 Å². The summed E-state index contributed by atoms with van der Waals surface area (Å²) in [5, 5.41) is 3.62. The van der Waals surface area contributed by atoms with Crippen LogP contribution in [0.25, 0.3) is 0 Å². The number of amides is 2.